The predicted molar refractivity (Wildman–Crippen MR) is 123 cm³/mol. The molecule has 160 valence electrons. The summed E-state index contributed by atoms with van der Waals surface area (Å²) in [6, 6.07) is 10.1. The first-order valence-electron chi connectivity index (χ1n) is 11.2. The summed E-state index contributed by atoms with van der Waals surface area (Å²) < 4.78 is 3.95. The maximum atomic E-state index is 11.7. The van der Waals surface area contributed by atoms with Gasteiger partial charge in [0.15, 0.2) is 5.69 Å². The Labute approximate surface area is 179 Å². The Bertz CT molecular complexity index is 689. The third kappa shape index (κ3) is 8.52. The smallest absolute Gasteiger partial charge is 0.272 e. The van der Waals surface area contributed by atoms with Gasteiger partial charge >= 0.3 is 0 Å². The molecule has 5 nitrogen and oxygen atoms in total. The number of aromatic nitrogens is 2. The SMILES string of the molecule is CCCCCCCCCCCCCCN(c1ccccc1)c1snnc1C(N)=O. The van der Waals surface area contributed by atoms with E-state index in [9.17, 15) is 4.79 Å². The van der Waals surface area contributed by atoms with Crippen LogP contribution < -0.4 is 10.6 Å². The number of benzene rings is 1. The number of nitrogens with two attached hydrogens (primary N) is 1. The first-order chi connectivity index (χ1) is 14.2. The van der Waals surface area contributed by atoms with Gasteiger partial charge in [-0.1, -0.05) is 100 Å². The lowest BCUT2D eigenvalue weighted by atomic mass is 10.1. The molecule has 0 aliphatic carbocycles. The highest BCUT2D eigenvalue weighted by Crippen LogP contribution is 2.31. The van der Waals surface area contributed by atoms with Gasteiger partial charge in [0.2, 0.25) is 0 Å². The van der Waals surface area contributed by atoms with E-state index in [4.69, 9.17) is 5.73 Å². The van der Waals surface area contributed by atoms with Crippen LogP contribution in [0.4, 0.5) is 10.7 Å². The highest BCUT2D eigenvalue weighted by molar-refractivity contribution is 7.10. The summed E-state index contributed by atoms with van der Waals surface area (Å²) in [4.78, 5) is 13.8. The number of hydrogen-bond donors (Lipinski definition) is 1. The molecule has 2 rings (SSSR count). The van der Waals surface area contributed by atoms with Crippen molar-refractivity contribution in [2.24, 2.45) is 5.73 Å². The van der Waals surface area contributed by atoms with E-state index in [1.54, 1.807) is 0 Å². The standard InChI is InChI=1S/C23H36N4OS/c1-2-3-4-5-6-7-8-9-10-11-12-16-19-27(20-17-14-13-15-18-20)23-21(22(24)28)25-26-29-23/h13-15,17-18H,2-12,16,19H2,1H3,(H2,24,28). The molecule has 2 N–H and O–H groups in total. The molecule has 0 unspecified atom stereocenters. The summed E-state index contributed by atoms with van der Waals surface area (Å²) in [5.41, 5.74) is 6.79. The molecule has 0 aliphatic rings. The minimum Gasteiger partial charge on any atom is -0.364 e. The molecule has 1 aromatic carbocycles. The molecule has 0 saturated heterocycles. The summed E-state index contributed by atoms with van der Waals surface area (Å²) in [6.07, 6.45) is 15.9. The van der Waals surface area contributed by atoms with E-state index in [1.807, 2.05) is 30.3 Å². The average molecular weight is 417 g/mol. The Balaban J connectivity index is 1.70. The van der Waals surface area contributed by atoms with E-state index in [-0.39, 0.29) is 5.69 Å². The van der Waals surface area contributed by atoms with E-state index >= 15 is 0 Å². The highest BCUT2D eigenvalue weighted by atomic mass is 32.1. The largest absolute Gasteiger partial charge is 0.364 e. The molecule has 1 heterocycles. The minimum atomic E-state index is -0.524. The van der Waals surface area contributed by atoms with Gasteiger partial charge in [-0.3, -0.25) is 4.79 Å². The Morgan fingerprint density at radius 2 is 1.45 bits per heavy atom. The number of amides is 1. The third-order valence-electron chi connectivity index (χ3n) is 5.25. The molecule has 0 bridgehead atoms. The Hall–Kier alpha value is -1.95. The van der Waals surface area contributed by atoms with Crippen LogP contribution in [-0.2, 0) is 0 Å². The number of para-hydroxylation sites is 1. The van der Waals surface area contributed by atoms with Gasteiger partial charge in [0, 0.05) is 23.8 Å². The van der Waals surface area contributed by atoms with Gasteiger partial charge in [-0.15, -0.1) is 5.10 Å². The molecule has 1 aromatic heterocycles. The van der Waals surface area contributed by atoms with Gasteiger partial charge in [0.25, 0.3) is 5.91 Å². The van der Waals surface area contributed by atoms with Crippen molar-refractivity contribution in [3.8, 4) is 0 Å². The van der Waals surface area contributed by atoms with E-state index < -0.39 is 5.91 Å². The molecule has 0 aliphatic heterocycles. The number of carbonyl (C=O) groups is 1. The zero-order valence-corrected chi connectivity index (χ0v) is 18.6. The highest BCUT2D eigenvalue weighted by Gasteiger charge is 2.20. The van der Waals surface area contributed by atoms with Crippen molar-refractivity contribution < 1.29 is 4.79 Å². The summed E-state index contributed by atoms with van der Waals surface area (Å²) in [7, 11) is 0. The molecule has 0 fully saturated rings. The Morgan fingerprint density at radius 3 is 2.00 bits per heavy atom. The third-order valence-corrected chi connectivity index (χ3v) is 6.00. The Morgan fingerprint density at radius 1 is 0.897 bits per heavy atom. The molecule has 0 radical (unpaired) electrons. The Kier molecular flexibility index (Phi) is 11.3. The first kappa shape index (κ1) is 23.3. The number of rotatable bonds is 16. The lowest BCUT2D eigenvalue weighted by Gasteiger charge is -2.23. The quantitative estimate of drug-likeness (QED) is 0.318. The molecule has 1 amide bonds. The topological polar surface area (TPSA) is 72.1 Å². The van der Waals surface area contributed by atoms with Crippen molar-refractivity contribution in [1.82, 2.24) is 9.59 Å². The number of primary amides is 1. The molecular formula is C23H36N4OS. The number of hydrogen-bond acceptors (Lipinski definition) is 5. The lowest BCUT2D eigenvalue weighted by molar-refractivity contribution is 0.0996. The van der Waals surface area contributed by atoms with Crippen LogP contribution in [0, 0.1) is 0 Å². The fraction of sp³-hybridized carbons (Fsp3) is 0.609. The van der Waals surface area contributed by atoms with Crippen molar-refractivity contribution in [3.05, 3.63) is 36.0 Å². The monoisotopic (exact) mass is 416 g/mol. The van der Waals surface area contributed by atoms with Gasteiger partial charge in [-0.05, 0) is 18.6 Å². The van der Waals surface area contributed by atoms with Crippen molar-refractivity contribution in [2.45, 2.75) is 84.0 Å². The normalized spacial score (nSPS) is 10.9. The molecule has 2 aromatic rings. The van der Waals surface area contributed by atoms with Crippen LogP contribution >= 0.6 is 11.5 Å². The first-order valence-corrected chi connectivity index (χ1v) is 12.0. The molecule has 29 heavy (non-hydrogen) atoms. The molecular weight excluding hydrogens is 380 g/mol. The number of unbranched alkanes of at least 4 members (excludes halogenated alkanes) is 11. The summed E-state index contributed by atoms with van der Waals surface area (Å²) in [5, 5.41) is 4.67. The van der Waals surface area contributed by atoms with Crippen molar-refractivity contribution >= 4 is 28.1 Å². The maximum absolute atomic E-state index is 11.7. The van der Waals surface area contributed by atoms with Crippen LogP contribution in [0.2, 0.25) is 0 Å². The second-order valence-electron chi connectivity index (χ2n) is 7.67. The van der Waals surface area contributed by atoms with Crippen LogP contribution in [0.5, 0.6) is 0 Å². The molecule has 0 saturated carbocycles. The summed E-state index contributed by atoms with van der Waals surface area (Å²) in [6.45, 7) is 3.11. The average Bonchev–Trinajstić information content (AvgIpc) is 3.22. The van der Waals surface area contributed by atoms with Gasteiger partial charge in [0.05, 0.1) is 0 Å². The van der Waals surface area contributed by atoms with Gasteiger partial charge < -0.3 is 10.6 Å². The second-order valence-corrected chi connectivity index (χ2v) is 8.40. The van der Waals surface area contributed by atoms with Crippen molar-refractivity contribution in [3.63, 3.8) is 0 Å². The molecule has 0 spiro atoms. The van der Waals surface area contributed by atoms with Crippen LogP contribution in [0.1, 0.15) is 94.5 Å². The fourth-order valence-corrected chi connectivity index (χ4v) is 4.31. The molecule has 6 heteroatoms. The van der Waals surface area contributed by atoms with Crippen molar-refractivity contribution in [2.75, 3.05) is 11.4 Å². The van der Waals surface area contributed by atoms with E-state index in [0.717, 1.165) is 23.7 Å². The molecule has 0 atom stereocenters. The lowest BCUT2D eigenvalue weighted by Crippen LogP contribution is -2.22. The number of carbonyl (C=O) groups excluding carboxylic acids is 1. The predicted octanol–water partition coefficient (Wildman–Crippen LogP) is 6.48. The number of nitrogens with zero attached hydrogens (tertiary/aromatic N) is 3. The van der Waals surface area contributed by atoms with Crippen molar-refractivity contribution in [1.29, 1.82) is 0 Å². The van der Waals surface area contributed by atoms with Crippen LogP contribution in [0.15, 0.2) is 30.3 Å². The minimum absolute atomic E-state index is 0.262. The van der Waals surface area contributed by atoms with Crippen LogP contribution in [0.25, 0.3) is 0 Å². The fourth-order valence-electron chi connectivity index (χ4n) is 3.58. The van der Waals surface area contributed by atoms with Gasteiger partial charge in [-0.25, -0.2) is 0 Å². The number of anilines is 2. The summed E-state index contributed by atoms with van der Waals surface area (Å²) >= 11 is 1.23. The van der Waals surface area contributed by atoms with Gasteiger partial charge in [-0.2, -0.15) is 0 Å². The van der Waals surface area contributed by atoms with Crippen LogP contribution in [0.3, 0.4) is 0 Å². The van der Waals surface area contributed by atoms with Crippen LogP contribution in [-0.4, -0.2) is 22.0 Å². The van der Waals surface area contributed by atoms with E-state index in [1.165, 1.54) is 82.2 Å². The van der Waals surface area contributed by atoms with Gasteiger partial charge in [0.1, 0.15) is 5.00 Å². The zero-order chi connectivity index (χ0) is 20.7. The summed E-state index contributed by atoms with van der Waals surface area (Å²) in [5.74, 6) is -0.524. The second kappa shape index (κ2) is 14.1. The zero-order valence-electron chi connectivity index (χ0n) is 17.8. The van der Waals surface area contributed by atoms with E-state index in [0.29, 0.717) is 0 Å². The maximum Gasteiger partial charge on any atom is 0.272 e. The van der Waals surface area contributed by atoms with E-state index in [2.05, 4.69) is 21.4 Å².